The third-order valence-corrected chi connectivity index (χ3v) is 3.68. The van der Waals surface area contributed by atoms with Crippen molar-refractivity contribution >= 4 is 29.9 Å². The number of aliphatic imine (C=N–C) groups is 1. The SMILES string of the molecule is COCC(C)NC(N)=NCCC1CCCC(C)C1.I. The van der Waals surface area contributed by atoms with Gasteiger partial charge in [-0.25, -0.2) is 0 Å². The van der Waals surface area contributed by atoms with E-state index < -0.39 is 0 Å². The zero-order chi connectivity index (χ0) is 13.4. The van der Waals surface area contributed by atoms with Crippen LogP contribution in [0.1, 0.15) is 46.0 Å². The Labute approximate surface area is 135 Å². The Hall–Kier alpha value is -0.0400. The summed E-state index contributed by atoms with van der Waals surface area (Å²) in [6, 6.07) is 0.216. The van der Waals surface area contributed by atoms with Gasteiger partial charge in [-0.15, -0.1) is 24.0 Å². The van der Waals surface area contributed by atoms with Crippen LogP contribution in [0.5, 0.6) is 0 Å². The highest BCUT2D eigenvalue weighted by Crippen LogP contribution is 2.30. The maximum atomic E-state index is 5.83. The van der Waals surface area contributed by atoms with Crippen LogP contribution in [0.3, 0.4) is 0 Å². The van der Waals surface area contributed by atoms with E-state index in [-0.39, 0.29) is 30.0 Å². The first-order chi connectivity index (χ1) is 8.61. The first kappa shape index (κ1) is 19.0. The summed E-state index contributed by atoms with van der Waals surface area (Å²) in [4.78, 5) is 4.39. The van der Waals surface area contributed by atoms with Gasteiger partial charge in [-0.1, -0.05) is 26.2 Å². The molecule has 19 heavy (non-hydrogen) atoms. The Balaban J connectivity index is 0.00000324. The molecule has 114 valence electrons. The molecule has 0 aliphatic heterocycles. The minimum Gasteiger partial charge on any atom is -0.383 e. The fourth-order valence-corrected chi connectivity index (χ4v) is 2.78. The molecule has 0 aromatic heterocycles. The van der Waals surface area contributed by atoms with Gasteiger partial charge in [-0.05, 0) is 31.6 Å². The molecule has 3 unspecified atom stereocenters. The van der Waals surface area contributed by atoms with Crippen molar-refractivity contribution in [3.05, 3.63) is 0 Å². The normalized spacial score (nSPS) is 25.5. The fraction of sp³-hybridized carbons (Fsp3) is 0.929. The molecule has 0 heterocycles. The minimum absolute atomic E-state index is 0. The van der Waals surface area contributed by atoms with Gasteiger partial charge < -0.3 is 15.8 Å². The summed E-state index contributed by atoms with van der Waals surface area (Å²) in [6.45, 7) is 5.89. The highest BCUT2D eigenvalue weighted by molar-refractivity contribution is 14.0. The molecule has 0 bridgehead atoms. The third-order valence-electron chi connectivity index (χ3n) is 3.68. The molecule has 1 saturated carbocycles. The topological polar surface area (TPSA) is 59.6 Å². The summed E-state index contributed by atoms with van der Waals surface area (Å²) in [5.41, 5.74) is 5.83. The standard InChI is InChI=1S/C14H29N3O.HI/c1-11-5-4-6-13(9-11)7-8-16-14(15)17-12(2)10-18-3;/h11-13H,4-10H2,1-3H3,(H3,15,16,17);1H. The van der Waals surface area contributed by atoms with Gasteiger partial charge in [0.1, 0.15) is 0 Å². The predicted octanol–water partition coefficient (Wildman–Crippen LogP) is 2.76. The maximum Gasteiger partial charge on any atom is 0.188 e. The number of nitrogens with zero attached hydrogens (tertiary/aromatic N) is 1. The molecule has 0 saturated heterocycles. The number of hydrogen-bond donors (Lipinski definition) is 2. The van der Waals surface area contributed by atoms with E-state index in [0.717, 1.165) is 18.4 Å². The molecule has 3 N–H and O–H groups in total. The lowest BCUT2D eigenvalue weighted by molar-refractivity contribution is 0.179. The second kappa shape index (κ2) is 10.7. The van der Waals surface area contributed by atoms with E-state index in [9.17, 15) is 0 Å². The largest absolute Gasteiger partial charge is 0.383 e. The number of nitrogens with two attached hydrogens (primary N) is 1. The van der Waals surface area contributed by atoms with Gasteiger partial charge in [0.25, 0.3) is 0 Å². The summed E-state index contributed by atoms with van der Waals surface area (Å²) < 4.78 is 5.04. The van der Waals surface area contributed by atoms with Crippen LogP contribution in [0.4, 0.5) is 0 Å². The highest BCUT2D eigenvalue weighted by Gasteiger charge is 2.18. The summed E-state index contributed by atoms with van der Waals surface area (Å²) in [7, 11) is 1.69. The lowest BCUT2D eigenvalue weighted by atomic mass is 9.81. The van der Waals surface area contributed by atoms with E-state index in [2.05, 4.69) is 17.2 Å². The second-order valence-corrected chi connectivity index (χ2v) is 5.69. The molecule has 1 fully saturated rings. The molecule has 0 amide bonds. The monoisotopic (exact) mass is 383 g/mol. The van der Waals surface area contributed by atoms with Gasteiger partial charge in [0.05, 0.1) is 6.61 Å². The Morgan fingerprint density at radius 1 is 1.47 bits per heavy atom. The maximum absolute atomic E-state index is 5.83. The lowest BCUT2D eigenvalue weighted by Gasteiger charge is -2.26. The van der Waals surface area contributed by atoms with Gasteiger partial charge in [0, 0.05) is 19.7 Å². The van der Waals surface area contributed by atoms with E-state index in [1.165, 1.54) is 32.1 Å². The highest BCUT2D eigenvalue weighted by atomic mass is 127. The van der Waals surface area contributed by atoms with Crippen LogP contribution in [-0.2, 0) is 4.74 Å². The number of guanidine groups is 1. The van der Waals surface area contributed by atoms with Crippen molar-refractivity contribution in [3.63, 3.8) is 0 Å². The van der Waals surface area contributed by atoms with Crippen molar-refractivity contribution in [1.82, 2.24) is 5.32 Å². The van der Waals surface area contributed by atoms with Crippen molar-refractivity contribution in [1.29, 1.82) is 0 Å². The number of hydrogen-bond acceptors (Lipinski definition) is 2. The molecule has 5 heteroatoms. The van der Waals surface area contributed by atoms with E-state index >= 15 is 0 Å². The molecular formula is C14H30IN3O. The zero-order valence-electron chi connectivity index (χ0n) is 12.5. The predicted molar refractivity (Wildman–Crippen MR) is 92.1 cm³/mol. The van der Waals surface area contributed by atoms with Gasteiger partial charge >= 0.3 is 0 Å². The van der Waals surface area contributed by atoms with Gasteiger partial charge in [0.2, 0.25) is 0 Å². The van der Waals surface area contributed by atoms with Crippen LogP contribution in [0.25, 0.3) is 0 Å². The molecule has 1 aliphatic rings. The molecule has 0 radical (unpaired) electrons. The van der Waals surface area contributed by atoms with Crippen molar-refractivity contribution in [3.8, 4) is 0 Å². The number of halogens is 1. The molecule has 0 spiro atoms. The summed E-state index contributed by atoms with van der Waals surface area (Å²) in [5.74, 6) is 2.29. The molecule has 0 aromatic rings. The van der Waals surface area contributed by atoms with Gasteiger partial charge in [-0.2, -0.15) is 0 Å². The van der Waals surface area contributed by atoms with Crippen molar-refractivity contribution in [2.24, 2.45) is 22.6 Å². The van der Waals surface area contributed by atoms with Crippen LogP contribution >= 0.6 is 24.0 Å². The van der Waals surface area contributed by atoms with E-state index in [1.54, 1.807) is 7.11 Å². The molecule has 4 nitrogen and oxygen atoms in total. The van der Waals surface area contributed by atoms with E-state index in [4.69, 9.17) is 10.5 Å². The van der Waals surface area contributed by atoms with Crippen molar-refractivity contribution < 1.29 is 4.74 Å². The average Bonchev–Trinajstić information content (AvgIpc) is 2.29. The molecule has 1 rings (SSSR count). The van der Waals surface area contributed by atoms with Gasteiger partial charge in [-0.3, -0.25) is 4.99 Å². The molecular weight excluding hydrogens is 353 g/mol. The second-order valence-electron chi connectivity index (χ2n) is 5.69. The van der Waals surface area contributed by atoms with E-state index in [1.807, 2.05) is 6.92 Å². The van der Waals surface area contributed by atoms with Crippen molar-refractivity contribution in [2.75, 3.05) is 20.3 Å². The summed E-state index contributed by atoms with van der Waals surface area (Å²) in [6.07, 6.45) is 6.69. The third kappa shape index (κ3) is 8.68. The fourth-order valence-electron chi connectivity index (χ4n) is 2.78. The number of methoxy groups -OCH3 is 1. The molecule has 3 atom stereocenters. The summed E-state index contributed by atoms with van der Waals surface area (Å²) >= 11 is 0. The Morgan fingerprint density at radius 2 is 2.21 bits per heavy atom. The van der Waals surface area contributed by atoms with Gasteiger partial charge in [0.15, 0.2) is 5.96 Å². The smallest absolute Gasteiger partial charge is 0.188 e. The Morgan fingerprint density at radius 3 is 2.84 bits per heavy atom. The molecule has 1 aliphatic carbocycles. The van der Waals surface area contributed by atoms with Crippen LogP contribution in [0.2, 0.25) is 0 Å². The van der Waals surface area contributed by atoms with Crippen LogP contribution < -0.4 is 11.1 Å². The first-order valence-corrected chi connectivity index (χ1v) is 7.17. The minimum atomic E-state index is 0. The van der Waals surface area contributed by atoms with E-state index in [0.29, 0.717) is 12.6 Å². The quantitative estimate of drug-likeness (QED) is 0.421. The van der Waals surface area contributed by atoms with Crippen LogP contribution in [-0.4, -0.2) is 32.3 Å². The number of rotatable bonds is 6. The number of nitrogens with one attached hydrogen (secondary N) is 1. The van der Waals surface area contributed by atoms with Crippen LogP contribution in [0.15, 0.2) is 4.99 Å². The molecule has 0 aromatic carbocycles. The lowest BCUT2D eigenvalue weighted by Crippen LogP contribution is -2.40. The zero-order valence-corrected chi connectivity index (χ0v) is 14.9. The average molecular weight is 383 g/mol. The number of ether oxygens (including phenoxy) is 1. The van der Waals surface area contributed by atoms with Crippen molar-refractivity contribution in [2.45, 2.75) is 52.0 Å². The summed E-state index contributed by atoms with van der Waals surface area (Å²) in [5, 5.41) is 3.13. The first-order valence-electron chi connectivity index (χ1n) is 7.17. The van der Waals surface area contributed by atoms with Crippen LogP contribution in [0, 0.1) is 11.8 Å². The Kier molecular flexibility index (Phi) is 10.7. The Bertz CT molecular complexity index is 261.